The molecule has 0 N–H and O–H groups in total. The third-order valence-electron chi connectivity index (χ3n) is 2.73. The van der Waals surface area contributed by atoms with Gasteiger partial charge in [0.2, 0.25) is 10.4 Å². The van der Waals surface area contributed by atoms with E-state index in [1.807, 2.05) is 0 Å². The molecule has 18 heavy (non-hydrogen) atoms. The minimum Gasteiger partial charge on any atom is -0.726 e. The maximum atomic E-state index is 10.1. The number of hydrogen-bond acceptors (Lipinski definition) is 4. The van der Waals surface area contributed by atoms with Crippen LogP contribution in [0.25, 0.3) is 0 Å². The van der Waals surface area contributed by atoms with Crippen LogP contribution in [0.15, 0.2) is 0 Å². The molecule has 0 saturated heterocycles. The standard InChI is InChI=1S/C12H26O4S.Na/c1-2-3-4-5-6-7-8-9-10-11-12-16-17(13,14)15;/h2-12H2,1H3,(H,13,14,15);/q;+1/p-1/i17+3;. The van der Waals surface area contributed by atoms with Gasteiger partial charge in [0.15, 0.2) is 0 Å². The first-order chi connectivity index (χ1) is 8.06. The molecule has 0 saturated carbocycles. The minimum atomic E-state index is -4.48. The average Bonchev–Trinajstić information content (AvgIpc) is 2.24. The molecule has 0 aromatic heterocycles. The first-order valence-electron chi connectivity index (χ1n) is 6.66. The van der Waals surface area contributed by atoms with Crippen molar-refractivity contribution in [2.24, 2.45) is 0 Å². The molecule has 0 aliphatic carbocycles. The third kappa shape index (κ3) is 19.2. The minimum absolute atomic E-state index is 0. The summed E-state index contributed by atoms with van der Waals surface area (Å²) in [4.78, 5) is 0. The summed E-state index contributed by atoms with van der Waals surface area (Å²) in [6.45, 7) is 2.24. The molecular formula is C12H25NaO4S. The predicted octanol–water partition coefficient (Wildman–Crippen LogP) is 0.388. The van der Waals surface area contributed by atoms with Crippen molar-refractivity contribution in [1.29, 1.82) is 0 Å². The third-order valence-corrected chi connectivity index (χ3v) is 3.18. The number of unbranched alkanes of at least 4 members (excludes halogenated alkanes) is 9. The van der Waals surface area contributed by atoms with Crippen LogP contribution in [0.2, 0.25) is 0 Å². The van der Waals surface area contributed by atoms with Gasteiger partial charge in [-0.1, -0.05) is 64.7 Å². The second-order valence-corrected chi connectivity index (χ2v) is 5.46. The van der Waals surface area contributed by atoms with Gasteiger partial charge in [-0.05, 0) is 6.42 Å². The van der Waals surface area contributed by atoms with Crippen LogP contribution >= 0.6 is 0 Å². The maximum absolute atomic E-state index is 10.1. The molecule has 0 fully saturated rings. The van der Waals surface area contributed by atoms with Crippen molar-refractivity contribution in [3.63, 3.8) is 0 Å². The Morgan fingerprint density at radius 1 is 0.833 bits per heavy atom. The number of hydrogen-bond donors (Lipinski definition) is 0. The molecule has 0 heterocycles. The number of rotatable bonds is 12. The second kappa shape index (κ2) is 14.3. The van der Waals surface area contributed by atoms with Crippen LogP contribution in [0.4, 0.5) is 0 Å². The molecule has 4 nitrogen and oxygen atoms in total. The topological polar surface area (TPSA) is 66.4 Å². The Morgan fingerprint density at radius 2 is 1.22 bits per heavy atom. The summed E-state index contributed by atoms with van der Waals surface area (Å²) in [5.74, 6) is 0. The Balaban J connectivity index is 0. The summed E-state index contributed by atoms with van der Waals surface area (Å²) in [6.07, 6.45) is 11.7. The van der Waals surface area contributed by atoms with E-state index in [-0.39, 0.29) is 36.2 Å². The monoisotopic (exact) mass is 291 g/mol. The molecule has 0 amide bonds. The molecule has 6 heteroatoms. The molecule has 0 aromatic rings. The largest absolute Gasteiger partial charge is 1.00 e. The van der Waals surface area contributed by atoms with Crippen LogP contribution in [0.5, 0.6) is 0 Å². The summed E-state index contributed by atoms with van der Waals surface area (Å²) in [7, 11) is -4.48. The predicted molar refractivity (Wildman–Crippen MR) is 67.5 cm³/mol. The summed E-state index contributed by atoms with van der Waals surface area (Å²) in [6, 6.07) is 0. The Morgan fingerprint density at radius 3 is 1.61 bits per heavy atom. The van der Waals surface area contributed by atoms with E-state index in [4.69, 9.17) is 0 Å². The Labute approximate surface area is 134 Å². The van der Waals surface area contributed by atoms with Crippen LogP contribution < -0.4 is 29.6 Å². The molecule has 0 aliphatic heterocycles. The fraction of sp³-hybridized carbons (Fsp3) is 1.00. The molecule has 0 spiro atoms. The molecule has 0 bridgehead atoms. The summed E-state index contributed by atoms with van der Waals surface area (Å²) in [5.41, 5.74) is 0. The van der Waals surface area contributed by atoms with E-state index >= 15 is 0 Å². The van der Waals surface area contributed by atoms with Crippen molar-refractivity contribution < 1.29 is 46.7 Å². The van der Waals surface area contributed by atoms with Crippen LogP contribution in [0, 0.1) is 0 Å². The van der Waals surface area contributed by atoms with Gasteiger partial charge < -0.3 is 4.55 Å². The van der Waals surface area contributed by atoms with E-state index in [9.17, 15) is 13.0 Å². The van der Waals surface area contributed by atoms with Crippen molar-refractivity contribution in [3.8, 4) is 0 Å². The van der Waals surface area contributed by atoms with Gasteiger partial charge in [0, 0.05) is 0 Å². The molecule has 0 aromatic carbocycles. The van der Waals surface area contributed by atoms with E-state index < -0.39 is 10.4 Å². The van der Waals surface area contributed by atoms with Crippen molar-refractivity contribution >= 4 is 10.4 Å². The quantitative estimate of drug-likeness (QED) is 0.226. The molecule has 0 aliphatic rings. The second-order valence-electron chi connectivity index (χ2n) is 4.41. The zero-order chi connectivity index (χ0) is 13.0. The molecule has 104 valence electrons. The van der Waals surface area contributed by atoms with Crippen molar-refractivity contribution in [2.75, 3.05) is 6.61 Å². The fourth-order valence-electron chi connectivity index (χ4n) is 1.75. The van der Waals surface area contributed by atoms with Gasteiger partial charge in [-0.3, -0.25) is 4.18 Å². The van der Waals surface area contributed by atoms with Crippen LogP contribution in [0.3, 0.4) is 0 Å². The first-order valence-corrected chi connectivity index (χ1v) is 8.00. The van der Waals surface area contributed by atoms with E-state index in [0.717, 1.165) is 12.8 Å². The van der Waals surface area contributed by atoms with E-state index in [1.165, 1.54) is 44.9 Å². The molecular weight excluding hydrogens is 266 g/mol. The van der Waals surface area contributed by atoms with Gasteiger partial charge in [-0.15, -0.1) is 0 Å². The van der Waals surface area contributed by atoms with Gasteiger partial charge in [-0.25, -0.2) is 8.42 Å². The van der Waals surface area contributed by atoms with Crippen LogP contribution in [-0.2, 0) is 14.6 Å². The average molecular weight is 291 g/mol. The normalized spacial score (nSPS) is 11.2. The Bertz CT molecular complexity index is 255. The summed E-state index contributed by atoms with van der Waals surface area (Å²) >= 11 is 0. The van der Waals surface area contributed by atoms with Gasteiger partial charge in [0.25, 0.3) is 0 Å². The summed E-state index contributed by atoms with van der Waals surface area (Å²) < 4.78 is 34.5. The van der Waals surface area contributed by atoms with Gasteiger partial charge in [-0.2, -0.15) is 0 Å². The van der Waals surface area contributed by atoms with Gasteiger partial charge in [0.05, 0.1) is 6.61 Å². The van der Waals surface area contributed by atoms with E-state index in [1.54, 1.807) is 0 Å². The zero-order valence-corrected chi connectivity index (χ0v) is 14.6. The maximum Gasteiger partial charge on any atom is 1.00 e. The zero-order valence-electron chi connectivity index (χ0n) is 11.8. The Hall–Kier alpha value is 0.870. The van der Waals surface area contributed by atoms with Crippen molar-refractivity contribution in [1.82, 2.24) is 0 Å². The van der Waals surface area contributed by atoms with Crippen molar-refractivity contribution in [2.45, 2.75) is 71.1 Å². The van der Waals surface area contributed by atoms with E-state index in [2.05, 4.69) is 11.1 Å². The first kappa shape index (κ1) is 21.2. The van der Waals surface area contributed by atoms with Crippen LogP contribution in [-0.4, -0.2) is 19.6 Å². The molecule has 0 atom stereocenters. The van der Waals surface area contributed by atoms with Crippen molar-refractivity contribution in [3.05, 3.63) is 0 Å². The summed E-state index contributed by atoms with van der Waals surface area (Å²) in [5, 5.41) is 0. The van der Waals surface area contributed by atoms with Gasteiger partial charge >= 0.3 is 29.6 Å². The van der Waals surface area contributed by atoms with E-state index in [0.29, 0.717) is 6.42 Å². The molecule has 0 rings (SSSR count). The fourth-order valence-corrected chi connectivity index (χ4v) is 2.07. The molecule has 0 radical (unpaired) electrons. The smallest absolute Gasteiger partial charge is 0.726 e. The molecule has 0 unspecified atom stereocenters. The SMILES string of the molecule is CCCCCCCCCCCCO[35S](=O)(=O)[O-].[Na+]. The van der Waals surface area contributed by atoms with Crippen LogP contribution in [0.1, 0.15) is 71.1 Å². The Kier molecular flexibility index (Phi) is 16.8. The van der Waals surface area contributed by atoms with Gasteiger partial charge in [0.1, 0.15) is 0 Å².